The van der Waals surface area contributed by atoms with Crippen LogP contribution in [0, 0.1) is 0 Å². The molecule has 0 aromatic heterocycles. The Morgan fingerprint density at radius 1 is 0.923 bits per heavy atom. The van der Waals surface area contributed by atoms with Crippen molar-refractivity contribution in [3.63, 3.8) is 0 Å². The van der Waals surface area contributed by atoms with Gasteiger partial charge >= 0.3 is 0 Å². The van der Waals surface area contributed by atoms with Crippen LogP contribution in [0.3, 0.4) is 0 Å². The van der Waals surface area contributed by atoms with Gasteiger partial charge in [-0.15, -0.1) is 0 Å². The Balaban J connectivity index is 3.03. The number of hydrogen-bond acceptors (Lipinski definition) is 2. The molecule has 0 spiro atoms. The molecule has 13 heavy (non-hydrogen) atoms. The molecule has 2 nitrogen and oxygen atoms in total. The van der Waals surface area contributed by atoms with E-state index in [4.69, 9.17) is 5.11 Å². The lowest BCUT2D eigenvalue weighted by Crippen LogP contribution is -2.06. The Labute approximate surface area is 82.0 Å². The molecular weight excluding hydrogens is 164 g/mol. The summed E-state index contributed by atoms with van der Waals surface area (Å²) in [6.45, 7) is 2.41. The zero-order chi connectivity index (χ0) is 9.94. The first-order valence-corrected chi connectivity index (χ1v) is 5.60. The second kappa shape index (κ2) is 10.0. The molecule has 0 rings (SSSR count). The second-order valence-electron chi connectivity index (χ2n) is 3.72. The standard InChI is InChI=1S/C11H24O2/c1-2-3-4-5-6-8-11(13)9-7-10-12/h11-13H,2-10H2,1H3. The number of rotatable bonds is 9. The number of unbranched alkanes of at least 4 members (excludes halogenated alkanes) is 4. The molecule has 0 aliphatic heterocycles. The van der Waals surface area contributed by atoms with Crippen LogP contribution in [0.5, 0.6) is 0 Å². The Hall–Kier alpha value is -0.0800. The van der Waals surface area contributed by atoms with Gasteiger partial charge in [0.05, 0.1) is 6.10 Å². The van der Waals surface area contributed by atoms with Crippen LogP contribution in [0.4, 0.5) is 0 Å². The van der Waals surface area contributed by atoms with Crippen molar-refractivity contribution in [1.82, 2.24) is 0 Å². The summed E-state index contributed by atoms with van der Waals surface area (Å²) in [4.78, 5) is 0. The SMILES string of the molecule is CCCCCCCC(O)CCCO. The molecule has 0 aromatic carbocycles. The molecule has 1 atom stereocenters. The van der Waals surface area contributed by atoms with Crippen molar-refractivity contribution < 1.29 is 10.2 Å². The molecule has 2 heteroatoms. The van der Waals surface area contributed by atoms with E-state index in [2.05, 4.69) is 6.92 Å². The molecule has 0 aliphatic carbocycles. The van der Waals surface area contributed by atoms with Gasteiger partial charge < -0.3 is 10.2 Å². The van der Waals surface area contributed by atoms with E-state index in [0.29, 0.717) is 0 Å². The molecule has 1 unspecified atom stereocenters. The Morgan fingerprint density at radius 3 is 2.15 bits per heavy atom. The van der Waals surface area contributed by atoms with E-state index < -0.39 is 0 Å². The van der Waals surface area contributed by atoms with Gasteiger partial charge in [0, 0.05) is 6.61 Å². The molecule has 0 amide bonds. The van der Waals surface area contributed by atoms with E-state index in [1.807, 2.05) is 0 Å². The summed E-state index contributed by atoms with van der Waals surface area (Å²) in [5.74, 6) is 0. The summed E-state index contributed by atoms with van der Waals surface area (Å²) in [6, 6.07) is 0. The third kappa shape index (κ3) is 9.84. The summed E-state index contributed by atoms with van der Waals surface area (Å²) in [5.41, 5.74) is 0. The molecule has 0 aliphatic rings. The molecule has 0 bridgehead atoms. The summed E-state index contributed by atoms with van der Waals surface area (Å²) in [7, 11) is 0. The molecule has 0 saturated carbocycles. The summed E-state index contributed by atoms with van der Waals surface area (Å²) < 4.78 is 0. The predicted octanol–water partition coefficient (Wildman–Crippen LogP) is 2.48. The topological polar surface area (TPSA) is 40.5 Å². The van der Waals surface area contributed by atoms with Gasteiger partial charge in [-0.2, -0.15) is 0 Å². The van der Waals surface area contributed by atoms with Crippen LogP contribution in [-0.4, -0.2) is 22.9 Å². The third-order valence-electron chi connectivity index (χ3n) is 2.34. The maximum Gasteiger partial charge on any atom is 0.0541 e. The van der Waals surface area contributed by atoms with Crippen LogP contribution in [0.2, 0.25) is 0 Å². The minimum Gasteiger partial charge on any atom is -0.396 e. The summed E-state index contributed by atoms with van der Waals surface area (Å²) >= 11 is 0. The number of aliphatic hydroxyl groups excluding tert-OH is 2. The van der Waals surface area contributed by atoms with Crippen LogP contribution < -0.4 is 0 Å². The first-order chi connectivity index (χ1) is 6.31. The maximum atomic E-state index is 9.43. The Kier molecular flexibility index (Phi) is 9.94. The van der Waals surface area contributed by atoms with Gasteiger partial charge in [-0.25, -0.2) is 0 Å². The fraction of sp³-hybridized carbons (Fsp3) is 1.00. The second-order valence-corrected chi connectivity index (χ2v) is 3.72. The minimum atomic E-state index is -0.186. The van der Waals surface area contributed by atoms with Crippen molar-refractivity contribution in [2.75, 3.05) is 6.61 Å². The molecule has 80 valence electrons. The Morgan fingerprint density at radius 2 is 1.54 bits per heavy atom. The quantitative estimate of drug-likeness (QED) is 0.546. The van der Waals surface area contributed by atoms with Crippen LogP contribution in [0.1, 0.15) is 58.3 Å². The first-order valence-electron chi connectivity index (χ1n) is 5.60. The molecule has 0 aromatic rings. The van der Waals surface area contributed by atoms with Crippen LogP contribution in [-0.2, 0) is 0 Å². The highest BCUT2D eigenvalue weighted by atomic mass is 16.3. The van der Waals surface area contributed by atoms with Crippen molar-refractivity contribution in [3.05, 3.63) is 0 Å². The van der Waals surface area contributed by atoms with Gasteiger partial charge in [0.1, 0.15) is 0 Å². The minimum absolute atomic E-state index is 0.186. The van der Waals surface area contributed by atoms with Gasteiger partial charge in [-0.1, -0.05) is 39.0 Å². The fourth-order valence-electron chi connectivity index (χ4n) is 1.45. The van der Waals surface area contributed by atoms with Gasteiger partial charge in [0.2, 0.25) is 0 Å². The predicted molar refractivity (Wildman–Crippen MR) is 55.7 cm³/mol. The molecule has 0 heterocycles. The smallest absolute Gasteiger partial charge is 0.0541 e. The Bertz CT molecular complexity index is 94.1. The van der Waals surface area contributed by atoms with E-state index in [1.54, 1.807) is 0 Å². The van der Waals surface area contributed by atoms with E-state index in [1.165, 1.54) is 25.7 Å². The van der Waals surface area contributed by atoms with Gasteiger partial charge in [0.25, 0.3) is 0 Å². The van der Waals surface area contributed by atoms with Gasteiger partial charge in [-0.3, -0.25) is 0 Å². The maximum absolute atomic E-state index is 9.43. The van der Waals surface area contributed by atoms with Crippen LogP contribution in [0.25, 0.3) is 0 Å². The highest BCUT2D eigenvalue weighted by Gasteiger charge is 2.02. The fourth-order valence-corrected chi connectivity index (χ4v) is 1.45. The number of hydrogen-bond donors (Lipinski definition) is 2. The van der Waals surface area contributed by atoms with Crippen LogP contribution >= 0.6 is 0 Å². The van der Waals surface area contributed by atoms with E-state index in [9.17, 15) is 5.11 Å². The van der Waals surface area contributed by atoms with Gasteiger partial charge in [-0.05, 0) is 19.3 Å². The summed E-state index contributed by atoms with van der Waals surface area (Å²) in [5, 5.41) is 18.0. The lowest BCUT2D eigenvalue weighted by molar-refractivity contribution is 0.138. The van der Waals surface area contributed by atoms with Crippen molar-refractivity contribution in [2.24, 2.45) is 0 Å². The van der Waals surface area contributed by atoms with Gasteiger partial charge in [0.15, 0.2) is 0 Å². The highest BCUT2D eigenvalue weighted by Crippen LogP contribution is 2.09. The van der Waals surface area contributed by atoms with Crippen LogP contribution in [0.15, 0.2) is 0 Å². The lowest BCUT2D eigenvalue weighted by Gasteiger charge is -2.08. The largest absolute Gasteiger partial charge is 0.396 e. The molecule has 2 N–H and O–H groups in total. The van der Waals surface area contributed by atoms with Crippen molar-refractivity contribution >= 4 is 0 Å². The van der Waals surface area contributed by atoms with Crippen molar-refractivity contribution in [2.45, 2.75) is 64.4 Å². The molecule has 0 saturated heterocycles. The number of aliphatic hydroxyl groups is 2. The highest BCUT2D eigenvalue weighted by molar-refractivity contribution is 4.55. The summed E-state index contributed by atoms with van der Waals surface area (Å²) in [6.07, 6.45) is 8.46. The van der Waals surface area contributed by atoms with Crippen molar-refractivity contribution in [3.8, 4) is 0 Å². The third-order valence-corrected chi connectivity index (χ3v) is 2.34. The average Bonchev–Trinajstić information content (AvgIpc) is 2.14. The molecular formula is C11H24O2. The lowest BCUT2D eigenvalue weighted by atomic mass is 10.1. The van der Waals surface area contributed by atoms with Crippen molar-refractivity contribution in [1.29, 1.82) is 0 Å². The first kappa shape index (κ1) is 12.9. The van der Waals surface area contributed by atoms with E-state index in [-0.39, 0.29) is 12.7 Å². The molecule has 0 radical (unpaired) electrons. The van der Waals surface area contributed by atoms with E-state index >= 15 is 0 Å². The van der Waals surface area contributed by atoms with E-state index in [0.717, 1.165) is 25.7 Å². The monoisotopic (exact) mass is 188 g/mol. The normalized spacial score (nSPS) is 13.2. The zero-order valence-corrected chi connectivity index (χ0v) is 8.84. The zero-order valence-electron chi connectivity index (χ0n) is 8.84. The molecule has 0 fully saturated rings. The average molecular weight is 188 g/mol.